The van der Waals surface area contributed by atoms with Crippen molar-refractivity contribution in [3.8, 4) is 0 Å². The quantitative estimate of drug-likeness (QED) is 0.748. The third-order valence-corrected chi connectivity index (χ3v) is 6.69. The summed E-state index contributed by atoms with van der Waals surface area (Å²) in [6.07, 6.45) is 9.68. The van der Waals surface area contributed by atoms with E-state index >= 15 is 0 Å². The molecule has 1 aliphatic carbocycles. The Hall–Kier alpha value is -1.91. The van der Waals surface area contributed by atoms with Crippen LogP contribution in [0.2, 0.25) is 0 Å². The van der Waals surface area contributed by atoms with E-state index in [4.69, 9.17) is 10.1 Å². The first-order chi connectivity index (χ1) is 13.3. The molecule has 152 valence electrons. The van der Waals surface area contributed by atoms with Crippen LogP contribution in [0.5, 0.6) is 0 Å². The Morgan fingerprint density at radius 3 is 2.61 bits per heavy atom. The smallest absolute Gasteiger partial charge is 0.274 e. The van der Waals surface area contributed by atoms with Gasteiger partial charge in [-0.25, -0.2) is 9.50 Å². The van der Waals surface area contributed by atoms with Gasteiger partial charge in [-0.1, -0.05) is 39.5 Å². The molecule has 1 saturated heterocycles. The summed E-state index contributed by atoms with van der Waals surface area (Å²) < 4.78 is 1.90. The van der Waals surface area contributed by atoms with Crippen LogP contribution in [0.1, 0.15) is 100 Å². The van der Waals surface area contributed by atoms with Crippen LogP contribution in [-0.4, -0.2) is 37.5 Å². The summed E-state index contributed by atoms with van der Waals surface area (Å²) in [5.41, 5.74) is 3.54. The fourth-order valence-electron chi connectivity index (χ4n) is 4.96. The predicted octanol–water partition coefficient (Wildman–Crippen LogP) is 4.99. The molecule has 2 fully saturated rings. The maximum absolute atomic E-state index is 13.3. The van der Waals surface area contributed by atoms with E-state index in [1.807, 2.05) is 15.5 Å². The fraction of sp³-hybridized carbons (Fsp3) is 0.696. The highest BCUT2D eigenvalue weighted by atomic mass is 16.2. The van der Waals surface area contributed by atoms with Gasteiger partial charge in [-0.3, -0.25) is 4.79 Å². The average Bonchev–Trinajstić information content (AvgIpc) is 3.29. The molecule has 4 rings (SSSR count). The van der Waals surface area contributed by atoms with Crippen molar-refractivity contribution in [2.24, 2.45) is 5.92 Å². The van der Waals surface area contributed by atoms with Crippen molar-refractivity contribution in [2.45, 2.75) is 90.5 Å². The third kappa shape index (κ3) is 3.68. The first-order valence-electron chi connectivity index (χ1n) is 11.1. The van der Waals surface area contributed by atoms with Gasteiger partial charge in [-0.2, -0.15) is 5.10 Å². The molecule has 0 spiro atoms. The Kier molecular flexibility index (Phi) is 5.19. The molecule has 0 unspecified atom stereocenters. The number of piperidine rings is 1. The van der Waals surface area contributed by atoms with Gasteiger partial charge in [0.25, 0.3) is 5.91 Å². The molecule has 0 N–H and O–H groups in total. The van der Waals surface area contributed by atoms with Gasteiger partial charge in [0.2, 0.25) is 0 Å². The number of likely N-dealkylation sites (tertiary alicyclic amines) is 1. The lowest BCUT2D eigenvalue weighted by Crippen LogP contribution is -2.50. The molecule has 28 heavy (non-hydrogen) atoms. The number of hydrogen-bond donors (Lipinski definition) is 0. The molecule has 1 saturated carbocycles. The summed E-state index contributed by atoms with van der Waals surface area (Å²) in [6.45, 7) is 9.52. The number of carbonyl (C=O) groups is 1. The largest absolute Gasteiger partial charge is 0.332 e. The van der Waals surface area contributed by atoms with Gasteiger partial charge in [0, 0.05) is 29.5 Å². The van der Waals surface area contributed by atoms with Crippen molar-refractivity contribution >= 4 is 11.6 Å². The lowest BCUT2D eigenvalue weighted by molar-refractivity contribution is 0.0427. The van der Waals surface area contributed by atoms with E-state index in [1.54, 1.807) is 0 Å². The Balaban J connectivity index is 1.68. The highest BCUT2D eigenvalue weighted by Gasteiger charge is 2.35. The molecule has 0 atom stereocenters. The molecular formula is C23H34N4O. The SMILES string of the molecule is CC(C)c1cc(CC2CCCC2)nc2cc(C(=O)N3CCCCC3(C)C)nn12. The molecule has 1 aliphatic heterocycles. The van der Waals surface area contributed by atoms with E-state index in [0.717, 1.165) is 48.8 Å². The van der Waals surface area contributed by atoms with Crippen molar-refractivity contribution in [3.63, 3.8) is 0 Å². The van der Waals surface area contributed by atoms with Gasteiger partial charge >= 0.3 is 0 Å². The number of hydrogen-bond acceptors (Lipinski definition) is 3. The van der Waals surface area contributed by atoms with Gasteiger partial charge in [0.05, 0.1) is 0 Å². The van der Waals surface area contributed by atoms with E-state index in [-0.39, 0.29) is 11.4 Å². The fourth-order valence-corrected chi connectivity index (χ4v) is 4.96. The van der Waals surface area contributed by atoms with Gasteiger partial charge in [-0.15, -0.1) is 0 Å². The topological polar surface area (TPSA) is 50.5 Å². The van der Waals surface area contributed by atoms with E-state index in [0.29, 0.717) is 11.6 Å². The summed E-state index contributed by atoms with van der Waals surface area (Å²) in [4.78, 5) is 20.2. The third-order valence-electron chi connectivity index (χ3n) is 6.69. The summed E-state index contributed by atoms with van der Waals surface area (Å²) >= 11 is 0. The molecule has 5 heteroatoms. The lowest BCUT2D eigenvalue weighted by Gasteiger charge is -2.42. The highest BCUT2D eigenvalue weighted by molar-refractivity contribution is 5.94. The maximum Gasteiger partial charge on any atom is 0.274 e. The Labute approximate surface area is 168 Å². The van der Waals surface area contributed by atoms with E-state index < -0.39 is 0 Å². The molecule has 2 aromatic rings. The van der Waals surface area contributed by atoms with Crippen LogP contribution in [0.15, 0.2) is 12.1 Å². The second-order valence-electron chi connectivity index (χ2n) is 9.71. The van der Waals surface area contributed by atoms with Crippen molar-refractivity contribution < 1.29 is 4.79 Å². The molecule has 5 nitrogen and oxygen atoms in total. The van der Waals surface area contributed by atoms with Crippen molar-refractivity contribution in [1.82, 2.24) is 19.5 Å². The molecule has 1 amide bonds. The predicted molar refractivity (Wildman–Crippen MR) is 112 cm³/mol. The van der Waals surface area contributed by atoms with Crippen LogP contribution in [0.4, 0.5) is 0 Å². The molecule has 0 radical (unpaired) electrons. The van der Waals surface area contributed by atoms with Crippen LogP contribution in [0.3, 0.4) is 0 Å². The van der Waals surface area contributed by atoms with Crippen LogP contribution < -0.4 is 0 Å². The number of rotatable bonds is 4. The van der Waals surface area contributed by atoms with Gasteiger partial charge in [-0.05, 0) is 57.4 Å². The van der Waals surface area contributed by atoms with Crippen LogP contribution in [-0.2, 0) is 6.42 Å². The standard InChI is InChI=1S/C23H34N4O/c1-16(2)20-14-18(13-17-9-5-6-10-17)24-21-15-19(25-27(20)21)22(28)26-12-8-7-11-23(26,3)4/h14-17H,5-13H2,1-4H3. The van der Waals surface area contributed by atoms with Crippen LogP contribution in [0, 0.1) is 5.92 Å². The van der Waals surface area contributed by atoms with Gasteiger partial charge in [0.1, 0.15) is 0 Å². The molecule has 0 bridgehead atoms. The second kappa shape index (κ2) is 7.49. The first kappa shape index (κ1) is 19.4. The van der Waals surface area contributed by atoms with Crippen LogP contribution >= 0.6 is 0 Å². The number of aromatic nitrogens is 3. The molecule has 3 heterocycles. The van der Waals surface area contributed by atoms with E-state index in [1.165, 1.54) is 32.1 Å². The molecular weight excluding hydrogens is 348 g/mol. The van der Waals surface area contributed by atoms with Crippen molar-refractivity contribution in [3.05, 3.63) is 29.2 Å². The summed E-state index contributed by atoms with van der Waals surface area (Å²) in [7, 11) is 0. The summed E-state index contributed by atoms with van der Waals surface area (Å²) in [6, 6.07) is 4.11. The Bertz CT molecular complexity index is 861. The molecule has 2 aromatic heterocycles. The number of amides is 1. The van der Waals surface area contributed by atoms with Crippen molar-refractivity contribution in [2.75, 3.05) is 6.54 Å². The minimum absolute atomic E-state index is 0.0437. The average molecular weight is 383 g/mol. The molecule has 2 aliphatic rings. The Morgan fingerprint density at radius 1 is 1.18 bits per heavy atom. The zero-order valence-electron chi connectivity index (χ0n) is 17.9. The lowest BCUT2D eigenvalue weighted by atomic mass is 9.90. The van der Waals surface area contributed by atoms with E-state index in [2.05, 4.69) is 33.8 Å². The number of carbonyl (C=O) groups excluding carboxylic acids is 1. The second-order valence-corrected chi connectivity index (χ2v) is 9.71. The van der Waals surface area contributed by atoms with Crippen molar-refractivity contribution in [1.29, 1.82) is 0 Å². The van der Waals surface area contributed by atoms with Crippen LogP contribution in [0.25, 0.3) is 5.65 Å². The number of fused-ring (bicyclic) bond motifs is 1. The minimum atomic E-state index is -0.104. The Morgan fingerprint density at radius 2 is 1.93 bits per heavy atom. The van der Waals surface area contributed by atoms with E-state index in [9.17, 15) is 4.79 Å². The van der Waals surface area contributed by atoms with Gasteiger partial charge < -0.3 is 4.90 Å². The minimum Gasteiger partial charge on any atom is -0.332 e. The highest BCUT2D eigenvalue weighted by Crippen LogP contribution is 2.30. The monoisotopic (exact) mass is 382 g/mol. The number of nitrogens with zero attached hydrogens (tertiary/aromatic N) is 4. The zero-order chi connectivity index (χ0) is 19.9. The first-order valence-corrected chi connectivity index (χ1v) is 11.1. The maximum atomic E-state index is 13.3. The molecule has 0 aromatic carbocycles. The normalized spacial score (nSPS) is 20.4. The zero-order valence-corrected chi connectivity index (χ0v) is 17.9. The summed E-state index contributed by atoms with van der Waals surface area (Å²) in [5, 5.41) is 4.71. The van der Waals surface area contributed by atoms with Gasteiger partial charge in [0.15, 0.2) is 11.3 Å². The summed E-state index contributed by atoms with van der Waals surface area (Å²) in [5.74, 6) is 1.14.